The molecule has 1 fully saturated rings. The Morgan fingerprint density at radius 3 is 2.60 bits per heavy atom. The maximum Gasteiger partial charge on any atom is 0.255 e. The number of benzene rings is 2. The highest BCUT2D eigenvalue weighted by Gasteiger charge is 2.30. The molecule has 1 unspecified atom stereocenters. The van der Waals surface area contributed by atoms with Crippen molar-refractivity contribution in [1.29, 1.82) is 0 Å². The molecular formula is C22H22N4O3S. The van der Waals surface area contributed by atoms with Gasteiger partial charge in [0.1, 0.15) is 5.84 Å². The Hall–Kier alpha value is -3.13. The molecule has 30 heavy (non-hydrogen) atoms. The third-order valence-corrected chi connectivity index (χ3v) is 5.87. The monoisotopic (exact) mass is 422 g/mol. The fourth-order valence-electron chi connectivity index (χ4n) is 3.01. The number of carbonyl (C=O) groups excluding carboxylic acids is 3. The summed E-state index contributed by atoms with van der Waals surface area (Å²) in [6.07, 6.45) is 1.96. The highest BCUT2D eigenvalue weighted by molar-refractivity contribution is 8.00. The Kier molecular flexibility index (Phi) is 5.85. The first-order valence-electron chi connectivity index (χ1n) is 9.83. The number of anilines is 2. The zero-order valence-corrected chi connectivity index (χ0v) is 17.3. The van der Waals surface area contributed by atoms with E-state index in [9.17, 15) is 14.4 Å². The van der Waals surface area contributed by atoms with Gasteiger partial charge in [0.05, 0.1) is 17.4 Å². The topological polar surface area (TPSA) is 90.9 Å². The van der Waals surface area contributed by atoms with Crippen LogP contribution < -0.4 is 15.6 Å². The summed E-state index contributed by atoms with van der Waals surface area (Å²) in [6, 6.07) is 16.6. The number of hydrazone groups is 1. The quantitative estimate of drug-likeness (QED) is 0.698. The Bertz CT molecular complexity index is 1000. The molecule has 1 aliphatic carbocycles. The number of rotatable bonds is 6. The normalized spacial score (nSPS) is 16.8. The predicted molar refractivity (Wildman–Crippen MR) is 117 cm³/mol. The Balaban J connectivity index is 1.35. The lowest BCUT2D eigenvalue weighted by atomic mass is 10.3. The zero-order chi connectivity index (χ0) is 21.1. The Morgan fingerprint density at radius 1 is 1.10 bits per heavy atom. The van der Waals surface area contributed by atoms with Crippen LogP contribution >= 0.6 is 11.8 Å². The maximum absolute atomic E-state index is 12.6. The van der Waals surface area contributed by atoms with E-state index in [0.717, 1.165) is 23.4 Å². The summed E-state index contributed by atoms with van der Waals surface area (Å²) in [5.74, 6) is 0.114. The molecule has 0 saturated heterocycles. The molecule has 154 valence electrons. The molecule has 2 aliphatic rings. The average Bonchev–Trinajstić information content (AvgIpc) is 3.52. The fraction of sp³-hybridized carbons (Fsp3) is 0.273. The van der Waals surface area contributed by atoms with Crippen LogP contribution in [0.2, 0.25) is 0 Å². The molecule has 1 saturated carbocycles. The first kappa shape index (κ1) is 20.2. The number of thioether (sulfide) groups is 1. The third-order valence-electron chi connectivity index (χ3n) is 4.78. The lowest BCUT2D eigenvalue weighted by Crippen LogP contribution is -2.35. The largest absolute Gasteiger partial charge is 0.326 e. The number of carbonyl (C=O) groups is 3. The van der Waals surface area contributed by atoms with Crippen LogP contribution in [0.3, 0.4) is 0 Å². The molecule has 2 aromatic carbocycles. The number of amidine groups is 1. The standard InChI is InChI=1S/C22H22N4O3S/c1-14(30-18-9-5-6-16(12-18)23-22(29)15-10-11-15)21(28)24-19-13-20(27)26(25-19)17-7-3-2-4-8-17/h2-9,12,14-15H,10-11,13H2,1H3,(H,23,29)(H,24,25,28). The van der Waals surface area contributed by atoms with Crippen LogP contribution in [0.25, 0.3) is 0 Å². The highest BCUT2D eigenvalue weighted by Crippen LogP contribution is 2.31. The van der Waals surface area contributed by atoms with Gasteiger partial charge in [-0.05, 0) is 50.1 Å². The Labute approximate surface area is 178 Å². The summed E-state index contributed by atoms with van der Waals surface area (Å²) < 4.78 is 0. The molecule has 8 heteroatoms. The van der Waals surface area contributed by atoms with E-state index in [1.165, 1.54) is 16.8 Å². The number of hydrogen-bond donors (Lipinski definition) is 2. The van der Waals surface area contributed by atoms with Crippen molar-refractivity contribution < 1.29 is 14.4 Å². The van der Waals surface area contributed by atoms with Crippen LogP contribution in [0.1, 0.15) is 26.2 Å². The molecule has 2 N–H and O–H groups in total. The molecule has 4 rings (SSSR count). The predicted octanol–water partition coefficient (Wildman–Crippen LogP) is 3.38. The zero-order valence-electron chi connectivity index (χ0n) is 16.5. The second kappa shape index (κ2) is 8.71. The second-order valence-corrected chi connectivity index (χ2v) is 8.72. The minimum absolute atomic E-state index is 0.0508. The number of nitrogens with one attached hydrogen (secondary N) is 2. The Morgan fingerprint density at radius 2 is 1.87 bits per heavy atom. The third kappa shape index (κ3) is 4.88. The minimum Gasteiger partial charge on any atom is -0.326 e. The SMILES string of the molecule is CC(Sc1cccc(NC(=O)C2CC2)c1)C(=O)NC1=NN(c2ccccc2)C(=O)C1. The van der Waals surface area contributed by atoms with Crippen molar-refractivity contribution >= 4 is 46.7 Å². The van der Waals surface area contributed by atoms with E-state index in [0.29, 0.717) is 11.5 Å². The van der Waals surface area contributed by atoms with Gasteiger partial charge in [0, 0.05) is 16.5 Å². The van der Waals surface area contributed by atoms with Crippen LogP contribution in [-0.4, -0.2) is 28.8 Å². The highest BCUT2D eigenvalue weighted by atomic mass is 32.2. The van der Waals surface area contributed by atoms with Crippen molar-refractivity contribution in [2.75, 3.05) is 10.3 Å². The maximum atomic E-state index is 12.6. The molecule has 1 aliphatic heterocycles. The summed E-state index contributed by atoms with van der Waals surface area (Å²) in [6.45, 7) is 1.79. The van der Waals surface area contributed by atoms with Gasteiger partial charge in [0.25, 0.3) is 5.91 Å². The van der Waals surface area contributed by atoms with E-state index in [2.05, 4.69) is 15.7 Å². The van der Waals surface area contributed by atoms with Gasteiger partial charge in [-0.2, -0.15) is 10.1 Å². The number of para-hydroxylation sites is 1. The van der Waals surface area contributed by atoms with Crippen molar-refractivity contribution in [2.45, 2.75) is 36.3 Å². The molecule has 0 spiro atoms. The van der Waals surface area contributed by atoms with Gasteiger partial charge in [-0.1, -0.05) is 24.3 Å². The molecule has 1 atom stereocenters. The van der Waals surface area contributed by atoms with Crippen molar-refractivity contribution in [3.8, 4) is 0 Å². The number of hydrogen-bond acceptors (Lipinski definition) is 5. The van der Waals surface area contributed by atoms with Crippen LogP contribution in [0.15, 0.2) is 64.6 Å². The van der Waals surface area contributed by atoms with Crippen LogP contribution in [0.5, 0.6) is 0 Å². The van der Waals surface area contributed by atoms with Gasteiger partial charge in [0.2, 0.25) is 11.8 Å². The van der Waals surface area contributed by atoms with Crippen molar-refractivity contribution in [2.24, 2.45) is 11.0 Å². The summed E-state index contributed by atoms with van der Waals surface area (Å²) in [5, 5.41) is 10.8. The minimum atomic E-state index is -0.400. The average molecular weight is 423 g/mol. The van der Waals surface area contributed by atoms with E-state index in [1.807, 2.05) is 42.5 Å². The van der Waals surface area contributed by atoms with Gasteiger partial charge in [-0.25, -0.2) is 0 Å². The fourth-order valence-corrected chi connectivity index (χ4v) is 3.93. The van der Waals surface area contributed by atoms with E-state index in [-0.39, 0.29) is 30.1 Å². The molecule has 0 radical (unpaired) electrons. The molecule has 1 heterocycles. The first-order valence-corrected chi connectivity index (χ1v) is 10.7. The van der Waals surface area contributed by atoms with Crippen molar-refractivity contribution in [3.05, 3.63) is 54.6 Å². The molecule has 2 aromatic rings. The van der Waals surface area contributed by atoms with Crippen LogP contribution in [-0.2, 0) is 14.4 Å². The first-order chi connectivity index (χ1) is 14.5. The number of nitrogens with zero attached hydrogens (tertiary/aromatic N) is 2. The summed E-state index contributed by atoms with van der Waals surface area (Å²) in [7, 11) is 0. The smallest absolute Gasteiger partial charge is 0.255 e. The van der Waals surface area contributed by atoms with Crippen LogP contribution in [0, 0.1) is 5.92 Å². The van der Waals surface area contributed by atoms with E-state index in [1.54, 1.807) is 19.1 Å². The molecular weight excluding hydrogens is 400 g/mol. The van der Waals surface area contributed by atoms with E-state index >= 15 is 0 Å². The molecule has 0 bridgehead atoms. The van der Waals surface area contributed by atoms with Gasteiger partial charge in [-0.15, -0.1) is 11.8 Å². The summed E-state index contributed by atoms with van der Waals surface area (Å²) in [5.41, 5.74) is 1.40. The van der Waals surface area contributed by atoms with Gasteiger partial charge in [-0.3, -0.25) is 14.4 Å². The van der Waals surface area contributed by atoms with Crippen molar-refractivity contribution in [3.63, 3.8) is 0 Å². The second-order valence-electron chi connectivity index (χ2n) is 7.31. The van der Waals surface area contributed by atoms with E-state index in [4.69, 9.17) is 0 Å². The van der Waals surface area contributed by atoms with Gasteiger partial charge >= 0.3 is 0 Å². The molecule has 0 aromatic heterocycles. The van der Waals surface area contributed by atoms with Gasteiger partial charge < -0.3 is 10.6 Å². The summed E-state index contributed by atoms with van der Waals surface area (Å²) in [4.78, 5) is 37.6. The van der Waals surface area contributed by atoms with Gasteiger partial charge in [0.15, 0.2) is 0 Å². The molecule has 3 amide bonds. The van der Waals surface area contributed by atoms with E-state index < -0.39 is 5.25 Å². The summed E-state index contributed by atoms with van der Waals surface area (Å²) >= 11 is 1.38. The lowest BCUT2D eigenvalue weighted by molar-refractivity contribution is -0.119. The molecule has 7 nitrogen and oxygen atoms in total. The number of amides is 3. The lowest BCUT2D eigenvalue weighted by Gasteiger charge is -2.12. The van der Waals surface area contributed by atoms with Crippen LogP contribution in [0.4, 0.5) is 11.4 Å². The van der Waals surface area contributed by atoms with Crippen molar-refractivity contribution in [1.82, 2.24) is 5.32 Å².